The average molecular weight is 309 g/mol. The molecule has 1 heterocycles. The summed E-state index contributed by atoms with van der Waals surface area (Å²) < 4.78 is 0. The number of benzene rings is 1. The zero-order chi connectivity index (χ0) is 16.2. The van der Waals surface area contributed by atoms with Crippen molar-refractivity contribution in [3.63, 3.8) is 0 Å². The van der Waals surface area contributed by atoms with Gasteiger partial charge in [-0.1, -0.05) is 17.7 Å². The third-order valence-corrected chi connectivity index (χ3v) is 4.00. The van der Waals surface area contributed by atoms with Gasteiger partial charge < -0.3 is 10.6 Å². The van der Waals surface area contributed by atoms with Crippen LogP contribution in [0, 0.1) is 18.8 Å². The van der Waals surface area contributed by atoms with Gasteiger partial charge in [0.05, 0.1) is 11.8 Å². The largest absolute Gasteiger partial charge is 0.352 e. The number of nitrogens with zero attached hydrogens (tertiary/aromatic N) is 1. The highest BCUT2D eigenvalue weighted by Gasteiger charge is 2.47. The van der Waals surface area contributed by atoms with Crippen molar-refractivity contribution in [2.75, 3.05) is 5.32 Å². The molecule has 23 heavy (non-hydrogen) atoms. The van der Waals surface area contributed by atoms with E-state index in [1.165, 1.54) is 0 Å². The van der Waals surface area contributed by atoms with Crippen molar-refractivity contribution in [2.45, 2.75) is 19.9 Å². The van der Waals surface area contributed by atoms with Crippen LogP contribution in [0.5, 0.6) is 0 Å². The van der Waals surface area contributed by atoms with E-state index >= 15 is 0 Å². The molecule has 0 bridgehead atoms. The van der Waals surface area contributed by atoms with Gasteiger partial charge >= 0.3 is 0 Å². The van der Waals surface area contributed by atoms with Crippen molar-refractivity contribution >= 4 is 17.5 Å². The highest BCUT2D eigenvalue weighted by Crippen LogP contribution is 2.39. The normalized spacial score (nSPS) is 19.0. The lowest BCUT2D eigenvalue weighted by atomic mass is 10.2. The number of nitrogens with one attached hydrogen (secondary N) is 2. The number of aromatic nitrogens is 1. The van der Waals surface area contributed by atoms with Crippen LogP contribution in [0.2, 0.25) is 0 Å². The van der Waals surface area contributed by atoms with E-state index in [4.69, 9.17) is 0 Å². The van der Waals surface area contributed by atoms with Crippen LogP contribution in [0.4, 0.5) is 5.69 Å². The van der Waals surface area contributed by atoms with E-state index < -0.39 is 0 Å². The fourth-order valence-electron chi connectivity index (χ4n) is 2.47. The molecule has 2 unspecified atom stereocenters. The molecule has 0 radical (unpaired) electrons. The molecule has 0 aliphatic heterocycles. The van der Waals surface area contributed by atoms with Gasteiger partial charge in [0.2, 0.25) is 11.8 Å². The van der Waals surface area contributed by atoms with Crippen LogP contribution in [-0.2, 0) is 16.1 Å². The van der Waals surface area contributed by atoms with Crippen LogP contribution in [0.3, 0.4) is 0 Å². The molecular weight excluding hydrogens is 290 g/mol. The zero-order valence-electron chi connectivity index (χ0n) is 13.0. The minimum Gasteiger partial charge on any atom is -0.352 e. The van der Waals surface area contributed by atoms with Crippen molar-refractivity contribution in [3.8, 4) is 0 Å². The Morgan fingerprint density at radius 1 is 1.04 bits per heavy atom. The molecule has 2 amide bonds. The Labute approximate surface area is 135 Å². The number of carbonyl (C=O) groups is 2. The van der Waals surface area contributed by atoms with Crippen molar-refractivity contribution in [1.82, 2.24) is 10.3 Å². The number of carbonyl (C=O) groups excluding carboxylic acids is 2. The van der Waals surface area contributed by atoms with Gasteiger partial charge in [-0.25, -0.2) is 0 Å². The Morgan fingerprint density at radius 3 is 2.39 bits per heavy atom. The number of rotatable bonds is 5. The van der Waals surface area contributed by atoms with E-state index in [0.717, 1.165) is 16.8 Å². The molecule has 1 aliphatic carbocycles. The van der Waals surface area contributed by atoms with Gasteiger partial charge in [-0.3, -0.25) is 14.6 Å². The summed E-state index contributed by atoms with van der Waals surface area (Å²) in [5.41, 5.74) is 2.90. The zero-order valence-corrected chi connectivity index (χ0v) is 13.0. The van der Waals surface area contributed by atoms with E-state index in [0.29, 0.717) is 13.0 Å². The van der Waals surface area contributed by atoms with Gasteiger partial charge in [0.1, 0.15) is 0 Å². The molecule has 5 nitrogen and oxygen atoms in total. The molecule has 1 fully saturated rings. The quantitative estimate of drug-likeness (QED) is 0.890. The van der Waals surface area contributed by atoms with E-state index in [1.807, 2.05) is 43.3 Å². The Morgan fingerprint density at radius 2 is 1.70 bits per heavy atom. The summed E-state index contributed by atoms with van der Waals surface area (Å²) in [5.74, 6) is -0.597. The predicted octanol–water partition coefficient (Wildman–Crippen LogP) is 2.28. The molecule has 118 valence electrons. The SMILES string of the molecule is Cc1ccc(NC(=O)C2CC2C(=O)NCc2ccncc2)cc1. The molecular formula is C18H19N3O2. The molecule has 0 saturated heterocycles. The molecule has 1 aromatic heterocycles. The molecule has 0 spiro atoms. The number of amides is 2. The Hall–Kier alpha value is -2.69. The van der Waals surface area contributed by atoms with Crippen LogP contribution in [0.1, 0.15) is 17.5 Å². The van der Waals surface area contributed by atoms with Crippen molar-refractivity contribution < 1.29 is 9.59 Å². The first kappa shape index (κ1) is 15.2. The van der Waals surface area contributed by atoms with Crippen LogP contribution in [-0.4, -0.2) is 16.8 Å². The number of hydrogen-bond donors (Lipinski definition) is 2. The highest BCUT2D eigenvalue weighted by atomic mass is 16.2. The third-order valence-electron chi connectivity index (χ3n) is 4.00. The van der Waals surface area contributed by atoms with Crippen LogP contribution in [0.15, 0.2) is 48.8 Å². The summed E-state index contributed by atoms with van der Waals surface area (Å²) in [6.45, 7) is 2.46. The monoisotopic (exact) mass is 309 g/mol. The standard InChI is InChI=1S/C18H19N3O2/c1-12-2-4-14(5-3-12)21-18(23)16-10-15(16)17(22)20-11-13-6-8-19-9-7-13/h2-9,15-16H,10-11H2,1H3,(H,20,22)(H,21,23). The van der Waals surface area contributed by atoms with E-state index in [1.54, 1.807) is 12.4 Å². The van der Waals surface area contributed by atoms with E-state index in [-0.39, 0.29) is 23.7 Å². The minimum absolute atomic E-state index is 0.0640. The van der Waals surface area contributed by atoms with E-state index in [9.17, 15) is 9.59 Å². The van der Waals surface area contributed by atoms with Crippen molar-refractivity contribution in [1.29, 1.82) is 0 Å². The molecule has 2 atom stereocenters. The maximum absolute atomic E-state index is 12.1. The Bertz CT molecular complexity index is 698. The lowest BCUT2D eigenvalue weighted by Crippen LogP contribution is -2.27. The second kappa shape index (κ2) is 6.60. The topological polar surface area (TPSA) is 71.1 Å². The lowest BCUT2D eigenvalue weighted by molar-refractivity contribution is -0.125. The lowest BCUT2D eigenvalue weighted by Gasteiger charge is -2.06. The van der Waals surface area contributed by atoms with Crippen LogP contribution in [0.25, 0.3) is 0 Å². The molecule has 1 saturated carbocycles. The fraction of sp³-hybridized carbons (Fsp3) is 0.278. The molecule has 1 aromatic carbocycles. The second-order valence-electron chi connectivity index (χ2n) is 5.88. The molecule has 2 aromatic rings. The average Bonchev–Trinajstić information content (AvgIpc) is 3.36. The molecule has 1 aliphatic rings. The minimum atomic E-state index is -0.228. The van der Waals surface area contributed by atoms with Gasteiger partial charge in [-0.15, -0.1) is 0 Å². The van der Waals surface area contributed by atoms with Crippen LogP contribution < -0.4 is 10.6 Å². The van der Waals surface area contributed by atoms with Gasteiger partial charge in [0, 0.05) is 24.6 Å². The van der Waals surface area contributed by atoms with Gasteiger partial charge in [-0.05, 0) is 43.2 Å². The summed E-state index contributed by atoms with van der Waals surface area (Å²) in [6, 6.07) is 11.3. The van der Waals surface area contributed by atoms with Crippen molar-refractivity contribution in [3.05, 3.63) is 59.9 Å². The summed E-state index contributed by atoms with van der Waals surface area (Å²) in [7, 11) is 0. The number of pyridine rings is 1. The first-order chi connectivity index (χ1) is 11.1. The predicted molar refractivity (Wildman–Crippen MR) is 87.5 cm³/mol. The number of anilines is 1. The maximum Gasteiger partial charge on any atom is 0.228 e. The summed E-state index contributed by atoms with van der Waals surface area (Å²) in [4.78, 5) is 28.2. The van der Waals surface area contributed by atoms with Crippen molar-refractivity contribution in [2.24, 2.45) is 11.8 Å². The summed E-state index contributed by atoms with van der Waals surface area (Å²) in [5, 5.41) is 5.73. The summed E-state index contributed by atoms with van der Waals surface area (Å²) >= 11 is 0. The Balaban J connectivity index is 1.47. The Kier molecular flexibility index (Phi) is 4.37. The first-order valence-electron chi connectivity index (χ1n) is 7.67. The smallest absolute Gasteiger partial charge is 0.228 e. The summed E-state index contributed by atoms with van der Waals surface area (Å²) in [6.07, 6.45) is 3.99. The first-order valence-corrected chi connectivity index (χ1v) is 7.67. The molecule has 3 rings (SSSR count). The van der Waals surface area contributed by atoms with Gasteiger partial charge in [-0.2, -0.15) is 0 Å². The van der Waals surface area contributed by atoms with Gasteiger partial charge in [0.25, 0.3) is 0 Å². The highest BCUT2D eigenvalue weighted by molar-refractivity contribution is 5.99. The van der Waals surface area contributed by atoms with E-state index in [2.05, 4.69) is 15.6 Å². The van der Waals surface area contributed by atoms with Crippen LogP contribution >= 0.6 is 0 Å². The molecule has 5 heteroatoms. The fourth-order valence-corrected chi connectivity index (χ4v) is 2.47. The third kappa shape index (κ3) is 3.94. The van der Waals surface area contributed by atoms with Gasteiger partial charge in [0.15, 0.2) is 0 Å². The molecule has 2 N–H and O–H groups in total. The second-order valence-corrected chi connectivity index (χ2v) is 5.88. The number of hydrogen-bond acceptors (Lipinski definition) is 3. The maximum atomic E-state index is 12.1. The number of aryl methyl sites for hydroxylation is 1.